The lowest BCUT2D eigenvalue weighted by atomic mass is 10.1. The number of hydrogen-bond acceptors (Lipinski definition) is 6. The van der Waals surface area contributed by atoms with Crippen LogP contribution in [0.5, 0.6) is 5.75 Å². The van der Waals surface area contributed by atoms with E-state index in [2.05, 4.69) is 57.0 Å². The normalized spacial score (nSPS) is 10.9. The number of fused-ring (bicyclic) bond motifs is 1. The first-order valence-electron chi connectivity index (χ1n) is 9.00. The van der Waals surface area contributed by atoms with Crippen molar-refractivity contribution in [1.29, 1.82) is 0 Å². The van der Waals surface area contributed by atoms with Crippen LogP contribution in [0.25, 0.3) is 21.3 Å². The van der Waals surface area contributed by atoms with Crippen LogP contribution in [0.3, 0.4) is 0 Å². The molecule has 2 aromatic carbocycles. The smallest absolute Gasteiger partial charge is 0.143 e. The molecule has 142 valence electrons. The molecule has 0 saturated heterocycles. The fraction of sp³-hybridized carbons (Fsp3) is 0.182. The monoisotopic (exact) mass is 390 g/mol. The summed E-state index contributed by atoms with van der Waals surface area (Å²) in [6.45, 7) is 1.92. The average molecular weight is 391 g/mol. The minimum Gasteiger partial charge on any atom is -0.497 e. The Labute approximate surface area is 168 Å². The third kappa shape index (κ3) is 3.51. The summed E-state index contributed by atoms with van der Waals surface area (Å²) in [7, 11) is 5.74. The summed E-state index contributed by atoms with van der Waals surface area (Å²) in [6.07, 6.45) is 0. The zero-order valence-electron chi connectivity index (χ0n) is 16.4. The van der Waals surface area contributed by atoms with Crippen molar-refractivity contribution in [2.45, 2.75) is 6.92 Å². The molecular weight excluding hydrogens is 368 g/mol. The number of benzene rings is 2. The molecule has 0 radical (unpaired) electrons. The summed E-state index contributed by atoms with van der Waals surface area (Å²) in [5.74, 6) is 2.42. The van der Waals surface area contributed by atoms with Crippen LogP contribution in [0.2, 0.25) is 0 Å². The number of thiophene rings is 1. The second-order valence-corrected chi connectivity index (χ2v) is 7.60. The van der Waals surface area contributed by atoms with Gasteiger partial charge in [0.25, 0.3) is 0 Å². The molecule has 5 nitrogen and oxygen atoms in total. The molecule has 0 fully saturated rings. The summed E-state index contributed by atoms with van der Waals surface area (Å²) in [4.78, 5) is 12.4. The first kappa shape index (κ1) is 18.3. The van der Waals surface area contributed by atoms with Crippen molar-refractivity contribution in [2.24, 2.45) is 0 Å². The Bertz CT molecular complexity index is 1100. The largest absolute Gasteiger partial charge is 0.497 e. The van der Waals surface area contributed by atoms with Gasteiger partial charge in [-0.3, -0.25) is 0 Å². The molecule has 0 bridgehead atoms. The molecule has 0 aliphatic carbocycles. The topological polar surface area (TPSA) is 50.3 Å². The van der Waals surface area contributed by atoms with E-state index < -0.39 is 0 Å². The van der Waals surface area contributed by atoms with Gasteiger partial charge in [0.05, 0.1) is 12.5 Å². The van der Waals surface area contributed by atoms with Crippen molar-refractivity contribution >= 4 is 38.7 Å². The molecule has 0 unspecified atom stereocenters. The predicted molar refractivity (Wildman–Crippen MR) is 118 cm³/mol. The molecule has 2 heterocycles. The maximum Gasteiger partial charge on any atom is 0.143 e. The lowest BCUT2D eigenvalue weighted by Crippen LogP contribution is -2.08. The molecule has 0 atom stereocenters. The second kappa shape index (κ2) is 7.48. The van der Waals surface area contributed by atoms with Gasteiger partial charge in [0, 0.05) is 36.4 Å². The van der Waals surface area contributed by atoms with Gasteiger partial charge in [-0.2, -0.15) is 0 Å². The van der Waals surface area contributed by atoms with E-state index in [-0.39, 0.29) is 0 Å². The molecule has 4 aromatic rings. The van der Waals surface area contributed by atoms with E-state index >= 15 is 0 Å². The first-order valence-corrected chi connectivity index (χ1v) is 9.88. The Morgan fingerprint density at radius 1 is 0.964 bits per heavy atom. The van der Waals surface area contributed by atoms with Crippen molar-refractivity contribution in [3.63, 3.8) is 0 Å². The summed E-state index contributed by atoms with van der Waals surface area (Å²) in [5.41, 5.74) is 4.39. The maximum absolute atomic E-state index is 5.28. The molecule has 0 saturated carbocycles. The number of methoxy groups -OCH3 is 1. The number of anilines is 3. The highest BCUT2D eigenvalue weighted by Crippen LogP contribution is 2.38. The number of nitrogens with one attached hydrogen (secondary N) is 1. The van der Waals surface area contributed by atoms with Gasteiger partial charge in [0.15, 0.2) is 0 Å². The van der Waals surface area contributed by atoms with E-state index in [1.54, 1.807) is 18.4 Å². The van der Waals surface area contributed by atoms with Crippen LogP contribution in [-0.2, 0) is 0 Å². The molecule has 4 rings (SSSR count). The summed E-state index contributed by atoms with van der Waals surface area (Å²) in [6, 6.07) is 16.4. The predicted octanol–water partition coefficient (Wildman–Crippen LogP) is 5.48. The Hall–Kier alpha value is -3.12. The number of aryl methyl sites for hydroxylation is 1. The van der Waals surface area contributed by atoms with Gasteiger partial charge in [-0.05, 0) is 48.9 Å². The van der Waals surface area contributed by atoms with E-state index in [1.807, 2.05) is 33.2 Å². The molecule has 2 aromatic heterocycles. The summed E-state index contributed by atoms with van der Waals surface area (Å²) < 4.78 is 5.28. The van der Waals surface area contributed by atoms with Crippen LogP contribution in [-0.4, -0.2) is 31.2 Å². The summed E-state index contributed by atoms with van der Waals surface area (Å²) >= 11 is 1.63. The van der Waals surface area contributed by atoms with Crippen LogP contribution in [0.15, 0.2) is 53.9 Å². The van der Waals surface area contributed by atoms with E-state index in [0.29, 0.717) is 0 Å². The van der Waals surface area contributed by atoms with Gasteiger partial charge >= 0.3 is 0 Å². The molecule has 0 aliphatic heterocycles. The number of hydrogen-bond donors (Lipinski definition) is 1. The molecule has 0 spiro atoms. The average Bonchev–Trinajstić information content (AvgIpc) is 3.12. The van der Waals surface area contributed by atoms with E-state index in [0.717, 1.165) is 50.1 Å². The van der Waals surface area contributed by atoms with Gasteiger partial charge in [0.2, 0.25) is 0 Å². The highest BCUT2D eigenvalue weighted by atomic mass is 32.1. The SMILES string of the molecule is COc1ccc(-c2csc3nc(C)nc(Nc4ccc(N(C)C)cc4)c23)cc1. The molecular formula is C22H22N4OS. The summed E-state index contributed by atoms with van der Waals surface area (Å²) in [5, 5.41) is 6.66. The number of nitrogens with zero attached hydrogens (tertiary/aromatic N) is 3. The van der Waals surface area contributed by atoms with Gasteiger partial charge in [-0.1, -0.05) is 12.1 Å². The zero-order valence-corrected chi connectivity index (χ0v) is 17.2. The molecule has 28 heavy (non-hydrogen) atoms. The van der Waals surface area contributed by atoms with Crippen molar-refractivity contribution in [3.8, 4) is 16.9 Å². The minimum atomic E-state index is 0.753. The maximum atomic E-state index is 5.28. The van der Waals surface area contributed by atoms with Crippen molar-refractivity contribution in [2.75, 3.05) is 31.4 Å². The standard InChI is InChI=1S/C22H22N4OS/c1-14-23-21(25-16-7-9-17(10-8-16)26(2)3)20-19(13-28-22(20)24-14)15-5-11-18(27-4)12-6-15/h5-13H,1-4H3,(H,23,24,25). The molecule has 0 aliphatic rings. The van der Waals surface area contributed by atoms with Crippen molar-refractivity contribution in [3.05, 3.63) is 59.7 Å². The van der Waals surface area contributed by atoms with Crippen molar-refractivity contribution in [1.82, 2.24) is 9.97 Å². The van der Waals surface area contributed by atoms with Gasteiger partial charge in [-0.15, -0.1) is 11.3 Å². The van der Waals surface area contributed by atoms with Crippen LogP contribution < -0.4 is 15.0 Å². The highest BCUT2D eigenvalue weighted by Gasteiger charge is 2.15. The van der Waals surface area contributed by atoms with Crippen LogP contribution in [0, 0.1) is 6.92 Å². The number of ether oxygens (including phenoxy) is 1. The fourth-order valence-electron chi connectivity index (χ4n) is 3.10. The Balaban J connectivity index is 1.77. The van der Waals surface area contributed by atoms with Gasteiger partial charge in [0.1, 0.15) is 22.2 Å². The number of rotatable bonds is 5. The Morgan fingerprint density at radius 3 is 2.32 bits per heavy atom. The highest BCUT2D eigenvalue weighted by molar-refractivity contribution is 7.17. The zero-order chi connectivity index (χ0) is 19.7. The fourth-order valence-corrected chi connectivity index (χ4v) is 4.09. The third-order valence-corrected chi connectivity index (χ3v) is 5.47. The molecule has 0 amide bonds. The van der Waals surface area contributed by atoms with E-state index in [4.69, 9.17) is 9.72 Å². The van der Waals surface area contributed by atoms with Gasteiger partial charge < -0.3 is 15.0 Å². The lowest BCUT2D eigenvalue weighted by Gasteiger charge is -2.14. The Morgan fingerprint density at radius 2 is 1.68 bits per heavy atom. The minimum absolute atomic E-state index is 0.753. The van der Waals surface area contributed by atoms with Crippen LogP contribution >= 0.6 is 11.3 Å². The van der Waals surface area contributed by atoms with Crippen LogP contribution in [0.1, 0.15) is 5.82 Å². The van der Waals surface area contributed by atoms with Gasteiger partial charge in [-0.25, -0.2) is 9.97 Å². The molecule has 1 N–H and O–H groups in total. The first-order chi connectivity index (χ1) is 13.5. The number of aromatic nitrogens is 2. The van der Waals surface area contributed by atoms with E-state index in [1.165, 1.54) is 0 Å². The quantitative estimate of drug-likeness (QED) is 0.489. The lowest BCUT2D eigenvalue weighted by molar-refractivity contribution is 0.415. The van der Waals surface area contributed by atoms with E-state index in [9.17, 15) is 0 Å². The van der Waals surface area contributed by atoms with Crippen molar-refractivity contribution < 1.29 is 4.74 Å². The second-order valence-electron chi connectivity index (χ2n) is 6.74. The van der Waals surface area contributed by atoms with Crippen LogP contribution in [0.4, 0.5) is 17.2 Å². The molecule has 6 heteroatoms. The Kier molecular flexibility index (Phi) is 4.88. The third-order valence-electron chi connectivity index (χ3n) is 4.59.